The van der Waals surface area contributed by atoms with Crippen LogP contribution in [0.4, 0.5) is 11.4 Å². The average molecular weight is 564 g/mol. The number of nitrogens with zero attached hydrogens (tertiary/aromatic N) is 3. The molecule has 0 unspecified atom stereocenters. The standard InChI is InChI=1S/C25H34N5S.HI/c1-3-19-15-21(30-11-5-7-27-9-13-30)17-23-25(19)28-24-18(2)14-20(16-22(24)31-23)29-10-4-6-26-8-12-29;/h14-17,26-27H,3-13H2,1-2H3;1H/q+1;/p-1. The maximum Gasteiger partial charge on any atom is 0.259 e. The van der Waals surface area contributed by atoms with E-state index < -0.39 is 0 Å². The van der Waals surface area contributed by atoms with Crippen LogP contribution in [0.3, 0.4) is 0 Å². The van der Waals surface area contributed by atoms with Gasteiger partial charge in [0, 0.05) is 62.8 Å². The van der Waals surface area contributed by atoms with Crippen LogP contribution in [0.25, 0.3) is 20.4 Å². The number of hydrogen-bond donors (Lipinski definition) is 2. The van der Waals surface area contributed by atoms with Gasteiger partial charge in [-0.3, -0.25) is 0 Å². The fraction of sp³-hybridized carbons (Fsp3) is 0.520. The zero-order chi connectivity index (χ0) is 21.2. The van der Waals surface area contributed by atoms with Gasteiger partial charge >= 0.3 is 0 Å². The van der Waals surface area contributed by atoms with E-state index in [-0.39, 0.29) is 24.0 Å². The van der Waals surface area contributed by atoms with E-state index in [0.717, 1.165) is 64.3 Å². The summed E-state index contributed by atoms with van der Waals surface area (Å²) in [7, 11) is 0. The molecule has 0 saturated carbocycles. The molecule has 0 spiro atoms. The van der Waals surface area contributed by atoms with Crippen molar-refractivity contribution in [1.29, 1.82) is 0 Å². The molecule has 0 radical (unpaired) electrons. The number of anilines is 2. The highest BCUT2D eigenvalue weighted by atomic mass is 127. The third kappa shape index (κ3) is 4.95. The minimum Gasteiger partial charge on any atom is -1.00 e. The maximum absolute atomic E-state index is 5.21. The van der Waals surface area contributed by atoms with Gasteiger partial charge in [-0.1, -0.05) is 6.92 Å². The summed E-state index contributed by atoms with van der Waals surface area (Å²) in [6.07, 6.45) is 3.41. The van der Waals surface area contributed by atoms with Gasteiger partial charge in [-0.15, -0.1) is 0 Å². The first-order valence-corrected chi connectivity index (χ1v) is 12.7. The number of aryl methyl sites for hydroxylation is 2. The van der Waals surface area contributed by atoms with Crippen LogP contribution in [-0.4, -0.2) is 57.3 Å². The van der Waals surface area contributed by atoms with Crippen LogP contribution in [0.15, 0.2) is 24.3 Å². The lowest BCUT2D eigenvalue weighted by atomic mass is 10.1. The van der Waals surface area contributed by atoms with E-state index in [2.05, 4.69) is 58.5 Å². The first-order chi connectivity index (χ1) is 15.2. The normalized spacial score (nSPS) is 17.8. The van der Waals surface area contributed by atoms with Gasteiger partial charge < -0.3 is 44.4 Å². The molecule has 0 aliphatic carbocycles. The summed E-state index contributed by atoms with van der Waals surface area (Å²) in [4.78, 5) is 10.3. The molecule has 2 N–H and O–H groups in total. The highest BCUT2D eigenvalue weighted by Gasteiger charge is 2.22. The van der Waals surface area contributed by atoms with Gasteiger partial charge in [0.05, 0.1) is 0 Å². The van der Waals surface area contributed by atoms with Gasteiger partial charge in [0.25, 0.3) is 9.40 Å². The van der Waals surface area contributed by atoms with Crippen molar-refractivity contribution in [2.24, 2.45) is 0 Å². The molecular weight excluding hydrogens is 529 g/mol. The Labute approximate surface area is 212 Å². The summed E-state index contributed by atoms with van der Waals surface area (Å²) < 4.78 is 2.62. The van der Waals surface area contributed by atoms with Crippen molar-refractivity contribution < 1.29 is 24.0 Å². The van der Waals surface area contributed by atoms with E-state index >= 15 is 0 Å². The van der Waals surface area contributed by atoms with Crippen molar-refractivity contribution in [1.82, 2.24) is 15.6 Å². The molecule has 3 aromatic rings. The lowest BCUT2D eigenvalue weighted by Gasteiger charge is -2.23. The number of rotatable bonds is 3. The summed E-state index contributed by atoms with van der Waals surface area (Å²) in [5, 5.41) is 7.04. The number of nitrogens with one attached hydrogen (secondary N) is 2. The van der Waals surface area contributed by atoms with Crippen molar-refractivity contribution in [3.05, 3.63) is 35.4 Å². The van der Waals surface area contributed by atoms with Gasteiger partial charge in [-0.25, -0.2) is 4.98 Å². The second-order valence-electron chi connectivity index (χ2n) is 8.81. The molecule has 2 fully saturated rings. The predicted octanol–water partition coefficient (Wildman–Crippen LogP) is 1.20. The van der Waals surface area contributed by atoms with E-state index in [0.29, 0.717) is 0 Å². The number of aromatic nitrogens is 1. The third-order valence-electron chi connectivity index (χ3n) is 6.62. The minimum atomic E-state index is 0. The quantitative estimate of drug-likeness (QED) is 0.285. The van der Waals surface area contributed by atoms with E-state index in [1.165, 1.54) is 50.3 Å². The SMILES string of the molecule is CCc1cc(N2CCCNCC2)cc2[s+]c3cc(N4CCCNCC4)cc(C)c3nc12.[I-]. The Kier molecular flexibility index (Phi) is 8.02. The fourth-order valence-corrected chi connectivity index (χ4v) is 6.05. The Balaban J connectivity index is 0.00000245. The smallest absolute Gasteiger partial charge is 0.259 e. The van der Waals surface area contributed by atoms with Gasteiger partial charge in [0.1, 0.15) is 11.0 Å². The molecule has 32 heavy (non-hydrogen) atoms. The van der Waals surface area contributed by atoms with Crippen LogP contribution in [0, 0.1) is 6.92 Å². The molecule has 2 aliphatic heterocycles. The Morgan fingerprint density at radius 3 is 2.03 bits per heavy atom. The third-order valence-corrected chi connectivity index (χ3v) is 7.69. The lowest BCUT2D eigenvalue weighted by Crippen LogP contribution is -3.00. The molecule has 0 atom stereocenters. The fourth-order valence-electron chi connectivity index (χ4n) is 4.88. The molecule has 5 rings (SSSR count). The molecule has 2 aromatic carbocycles. The van der Waals surface area contributed by atoms with Crippen LogP contribution in [-0.2, 0) is 6.42 Å². The van der Waals surface area contributed by atoms with Gasteiger partial charge in [0.2, 0.25) is 11.3 Å². The molecule has 2 aliphatic rings. The number of hydrogen-bond acceptors (Lipinski definition) is 5. The summed E-state index contributed by atoms with van der Waals surface area (Å²) in [6, 6.07) is 9.48. The Bertz CT molecular complexity index is 1070. The Hall–Kier alpha value is -1.29. The lowest BCUT2D eigenvalue weighted by molar-refractivity contribution is -0.00000628. The summed E-state index contributed by atoms with van der Waals surface area (Å²) >= 11 is 1.91. The zero-order valence-electron chi connectivity index (χ0n) is 19.2. The van der Waals surface area contributed by atoms with Crippen LogP contribution in [0.2, 0.25) is 0 Å². The van der Waals surface area contributed by atoms with Crippen LogP contribution < -0.4 is 44.4 Å². The topological polar surface area (TPSA) is 43.4 Å². The highest BCUT2D eigenvalue weighted by Crippen LogP contribution is 2.35. The second-order valence-corrected chi connectivity index (χ2v) is 9.89. The zero-order valence-corrected chi connectivity index (χ0v) is 22.2. The largest absolute Gasteiger partial charge is 1.00 e. The molecule has 0 bridgehead atoms. The predicted molar refractivity (Wildman–Crippen MR) is 135 cm³/mol. The average Bonchev–Trinajstić information content (AvgIpc) is 3.23. The first kappa shape index (κ1) is 23.9. The van der Waals surface area contributed by atoms with Gasteiger partial charge in [0.15, 0.2) is 0 Å². The van der Waals surface area contributed by atoms with E-state index in [4.69, 9.17) is 4.98 Å². The van der Waals surface area contributed by atoms with Crippen LogP contribution in [0.5, 0.6) is 0 Å². The summed E-state index contributed by atoms with van der Waals surface area (Å²) in [5.41, 5.74) is 7.70. The van der Waals surface area contributed by atoms with Gasteiger partial charge in [-0.05, 0) is 62.5 Å². The summed E-state index contributed by atoms with van der Waals surface area (Å²) in [6.45, 7) is 13.2. The van der Waals surface area contributed by atoms with Crippen LogP contribution >= 0.6 is 11.3 Å². The number of fused-ring (bicyclic) bond motifs is 2. The first-order valence-electron chi connectivity index (χ1n) is 11.9. The Morgan fingerprint density at radius 2 is 1.41 bits per heavy atom. The van der Waals surface area contributed by atoms with Gasteiger partial charge in [-0.2, -0.15) is 0 Å². The Morgan fingerprint density at radius 1 is 0.812 bits per heavy atom. The molecule has 2 saturated heterocycles. The maximum atomic E-state index is 5.21. The molecule has 1 aromatic heterocycles. The molecule has 5 nitrogen and oxygen atoms in total. The van der Waals surface area contributed by atoms with Crippen molar-refractivity contribution in [3.63, 3.8) is 0 Å². The molecule has 3 heterocycles. The monoisotopic (exact) mass is 563 g/mol. The molecular formula is C25H34IN5S. The van der Waals surface area contributed by atoms with Crippen LogP contribution in [0.1, 0.15) is 30.9 Å². The van der Waals surface area contributed by atoms with Crippen molar-refractivity contribution in [2.75, 3.05) is 62.2 Å². The number of benzene rings is 2. The second kappa shape index (κ2) is 10.8. The van der Waals surface area contributed by atoms with E-state index in [9.17, 15) is 0 Å². The van der Waals surface area contributed by atoms with Crippen molar-refractivity contribution >= 4 is 43.1 Å². The number of halogens is 1. The summed E-state index contributed by atoms with van der Waals surface area (Å²) in [5.74, 6) is 0. The molecule has 7 heteroatoms. The van der Waals surface area contributed by atoms with Crippen molar-refractivity contribution in [3.8, 4) is 0 Å². The van der Waals surface area contributed by atoms with E-state index in [1.807, 2.05) is 11.3 Å². The molecule has 0 amide bonds. The minimum absolute atomic E-state index is 0. The van der Waals surface area contributed by atoms with E-state index in [1.54, 1.807) is 0 Å². The van der Waals surface area contributed by atoms with Crippen molar-refractivity contribution in [2.45, 2.75) is 33.1 Å². The molecule has 172 valence electrons. The highest BCUT2D eigenvalue weighted by molar-refractivity contribution is 7.24.